The number of hydrogen-bond donors (Lipinski definition) is 1. The van der Waals surface area contributed by atoms with Gasteiger partial charge in [-0.25, -0.2) is 4.68 Å². The molecular formula is C12H17N3O. The first kappa shape index (κ1) is 10.8. The Morgan fingerprint density at radius 3 is 3.06 bits per heavy atom. The minimum Gasteiger partial charge on any atom is -0.467 e. The van der Waals surface area contributed by atoms with Crippen molar-refractivity contribution in [3.8, 4) is 0 Å². The molecule has 0 aliphatic carbocycles. The number of rotatable bonds is 5. The largest absolute Gasteiger partial charge is 0.467 e. The average Bonchev–Trinajstić information content (AvgIpc) is 2.92. The fraction of sp³-hybridized carbons (Fsp3) is 0.417. The molecular weight excluding hydrogens is 202 g/mol. The molecule has 1 N–H and O–H groups in total. The Hall–Kier alpha value is -1.71. The summed E-state index contributed by atoms with van der Waals surface area (Å²) in [6.07, 6.45) is 4.57. The molecule has 2 rings (SSSR count). The predicted molar refractivity (Wildman–Crippen MR) is 63.4 cm³/mol. The van der Waals surface area contributed by atoms with Crippen LogP contribution in [0.5, 0.6) is 0 Å². The summed E-state index contributed by atoms with van der Waals surface area (Å²) < 4.78 is 7.21. The first-order valence-corrected chi connectivity index (χ1v) is 5.60. The maximum Gasteiger partial charge on any atom is 0.125 e. The fourth-order valence-corrected chi connectivity index (χ4v) is 1.49. The molecule has 0 saturated carbocycles. The molecule has 2 heterocycles. The van der Waals surface area contributed by atoms with Crippen molar-refractivity contribution < 1.29 is 4.42 Å². The summed E-state index contributed by atoms with van der Waals surface area (Å²) in [5.41, 5.74) is 0. The Balaban J connectivity index is 2.07. The van der Waals surface area contributed by atoms with Crippen molar-refractivity contribution in [1.29, 1.82) is 0 Å². The van der Waals surface area contributed by atoms with E-state index in [1.54, 1.807) is 12.5 Å². The Morgan fingerprint density at radius 1 is 1.50 bits per heavy atom. The number of anilines is 1. The van der Waals surface area contributed by atoms with Gasteiger partial charge in [-0.05, 0) is 25.5 Å². The quantitative estimate of drug-likeness (QED) is 0.840. The maximum atomic E-state index is 5.30. The number of nitrogens with one attached hydrogen (secondary N) is 1. The van der Waals surface area contributed by atoms with E-state index in [4.69, 9.17) is 4.42 Å². The summed E-state index contributed by atoms with van der Waals surface area (Å²) in [5, 5.41) is 7.68. The van der Waals surface area contributed by atoms with E-state index in [1.807, 2.05) is 22.9 Å². The molecule has 86 valence electrons. The Labute approximate surface area is 95.3 Å². The smallest absolute Gasteiger partial charge is 0.125 e. The van der Waals surface area contributed by atoms with Crippen LogP contribution in [0.25, 0.3) is 0 Å². The van der Waals surface area contributed by atoms with Crippen molar-refractivity contribution in [2.24, 2.45) is 0 Å². The van der Waals surface area contributed by atoms with Crippen LogP contribution in [0.3, 0.4) is 0 Å². The van der Waals surface area contributed by atoms with Gasteiger partial charge in [0.2, 0.25) is 0 Å². The first-order chi connectivity index (χ1) is 7.79. The van der Waals surface area contributed by atoms with Gasteiger partial charge in [-0.3, -0.25) is 0 Å². The highest BCUT2D eigenvalue weighted by molar-refractivity contribution is 5.35. The molecule has 4 heteroatoms. The van der Waals surface area contributed by atoms with E-state index in [9.17, 15) is 0 Å². The monoisotopic (exact) mass is 219 g/mol. The van der Waals surface area contributed by atoms with Crippen LogP contribution in [0.4, 0.5) is 5.82 Å². The molecule has 0 aliphatic heterocycles. The minimum absolute atomic E-state index is 0.451. The molecule has 0 aliphatic rings. The second kappa shape index (κ2) is 4.88. The van der Waals surface area contributed by atoms with E-state index in [1.165, 1.54) is 0 Å². The average molecular weight is 219 g/mol. The van der Waals surface area contributed by atoms with Crippen LogP contribution in [0.2, 0.25) is 0 Å². The molecule has 0 bridgehead atoms. The first-order valence-electron chi connectivity index (χ1n) is 5.60. The molecule has 0 amide bonds. The van der Waals surface area contributed by atoms with Gasteiger partial charge in [0.1, 0.15) is 18.1 Å². The summed E-state index contributed by atoms with van der Waals surface area (Å²) >= 11 is 0. The number of nitrogens with zero attached hydrogens (tertiary/aromatic N) is 2. The normalized spacial score (nSPS) is 12.6. The molecule has 2 aromatic rings. The Morgan fingerprint density at radius 2 is 2.38 bits per heavy atom. The zero-order valence-corrected chi connectivity index (χ0v) is 9.68. The lowest BCUT2D eigenvalue weighted by molar-refractivity contribution is 0.480. The summed E-state index contributed by atoms with van der Waals surface area (Å²) in [7, 11) is 0. The van der Waals surface area contributed by atoms with Gasteiger partial charge in [0.25, 0.3) is 0 Å². The van der Waals surface area contributed by atoms with Gasteiger partial charge in [-0.2, -0.15) is 5.10 Å². The zero-order chi connectivity index (χ0) is 11.4. The minimum atomic E-state index is 0.451. The van der Waals surface area contributed by atoms with Gasteiger partial charge in [0, 0.05) is 12.1 Å². The second-order valence-corrected chi connectivity index (χ2v) is 3.91. The van der Waals surface area contributed by atoms with Crippen LogP contribution in [-0.4, -0.2) is 15.8 Å². The highest BCUT2D eigenvalue weighted by atomic mass is 16.3. The van der Waals surface area contributed by atoms with Gasteiger partial charge in [0.05, 0.1) is 12.5 Å². The predicted octanol–water partition coefficient (Wildman–Crippen LogP) is 2.73. The van der Waals surface area contributed by atoms with E-state index in [-0.39, 0.29) is 0 Å². The second-order valence-electron chi connectivity index (χ2n) is 3.91. The zero-order valence-electron chi connectivity index (χ0n) is 9.68. The summed E-state index contributed by atoms with van der Waals surface area (Å²) in [6, 6.07) is 6.27. The highest BCUT2D eigenvalue weighted by Gasteiger charge is 2.06. The van der Waals surface area contributed by atoms with Crippen molar-refractivity contribution in [3.63, 3.8) is 0 Å². The summed E-state index contributed by atoms with van der Waals surface area (Å²) in [5.74, 6) is 1.95. The Bertz CT molecular complexity index is 419. The van der Waals surface area contributed by atoms with Crippen molar-refractivity contribution in [2.75, 3.05) is 5.32 Å². The third kappa shape index (κ3) is 2.45. The summed E-state index contributed by atoms with van der Waals surface area (Å²) in [6.45, 7) is 4.98. The van der Waals surface area contributed by atoms with Gasteiger partial charge in [-0.1, -0.05) is 6.92 Å². The topological polar surface area (TPSA) is 43.0 Å². The van der Waals surface area contributed by atoms with Crippen molar-refractivity contribution >= 4 is 5.82 Å². The molecule has 1 atom stereocenters. The van der Waals surface area contributed by atoms with Crippen LogP contribution >= 0.6 is 0 Å². The fourth-order valence-electron chi connectivity index (χ4n) is 1.49. The van der Waals surface area contributed by atoms with Crippen LogP contribution in [0.15, 0.2) is 35.1 Å². The third-order valence-corrected chi connectivity index (χ3v) is 2.61. The van der Waals surface area contributed by atoms with Crippen molar-refractivity contribution in [1.82, 2.24) is 9.78 Å². The van der Waals surface area contributed by atoms with Gasteiger partial charge in [0.15, 0.2) is 0 Å². The maximum absolute atomic E-state index is 5.30. The van der Waals surface area contributed by atoms with Crippen LogP contribution in [-0.2, 0) is 6.54 Å². The Kier molecular flexibility index (Phi) is 3.29. The molecule has 0 spiro atoms. The SMILES string of the molecule is CCC(C)Nc1ccnn1Cc1ccco1. The van der Waals surface area contributed by atoms with E-state index in [0.717, 1.165) is 18.0 Å². The standard InChI is InChI=1S/C12H17N3O/c1-3-10(2)14-12-6-7-13-15(12)9-11-5-4-8-16-11/h4-8,10,14H,3,9H2,1-2H3. The third-order valence-electron chi connectivity index (χ3n) is 2.61. The lowest BCUT2D eigenvalue weighted by Gasteiger charge is -2.13. The lowest BCUT2D eigenvalue weighted by Crippen LogP contribution is -2.17. The molecule has 16 heavy (non-hydrogen) atoms. The van der Waals surface area contributed by atoms with Crippen molar-refractivity contribution in [2.45, 2.75) is 32.9 Å². The molecule has 0 saturated heterocycles. The molecule has 0 aromatic carbocycles. The highest BCUT2D eigenvalue weighted by Crippen LogP contribution is 2.12. The molecule has 4 nitrogen and oxygen atoms in total. The van der Waals surface area contributed by atoms with Crippen molar-refractivity contribution in [3.05, 3.63) is 36.4 Å². The molecule has 0 radical (unpaired) electrons. The lowest BCUT2D eigenvalue weighted by atomic mass is 10.2. The van der Waals surface area contributed by atoms with Gasteiger partial charge in [-0.15, -0.1) is 0 Å². The van der Waals surface area contributed by atoms with E-state index in [0.29, 0.717) is 12.6 Å². The molecule has 0 fully saturated rings. The van der Waals surface area contributed by atoms with Gasteiger partial charge < -0.3 is 9.73 Å². The number of aromatic nitrogens is 2. The number of hydrogen-bond acceptors (Lipinski definition) is 3. The van der Waals surface area contributed by atoms with Crippen LogP contribution in [0.1, 0.15) is 26.0 Å². The summed E-state index contributed by atoms with van der Waals surface area (Å²) in [4.78, 5) is 0. The van der Waals surface area contributed by atoms with Crippen LogP contribution < -0.4 is 5.32 Å². The number of furan rings is 1. The van der Waals surface area contributed by atoms with Gasteiger partial charge >= 0.3 is 0 Å². The van der Waals surface area contributed by atoms with E-state index in [2.05, 4.69) is 24.3 Å². The van der Waals surface area contributed by atoms with Crippen LogP contribution in [0, 0.1) is 0 Å². The van der Waals surface area contributed by atoms with E-state index < -0.39 is 0 Å². The molecule has 1 unspecified atom stereocenters. The molecule has 2 aromatic heterocycles. The van der Waals surface area contributed by atoms with E-state index >= 15 is 0 Å².